The number of halogens is 1. The van der Waals surface area contributed by atoms with Crippen LogP contribution in [0.25, 0.3) is 0 Å². The van der Waals surface area contributed by atoms with Crippen LogP contribution >= 0.6 is 0 Å². The average Bonchev–Trinajstić information content (AvgIpc) is 2.72. The molecule has 3 saturated carbocycles. The Labute approximate surface area is 168 Å². The largest absolute Gasteiger partial charge is 0.467 e. The lowest BCUT2D eigenvalue weighted by Gasteiger charge is -2.55. The fourth-order valence-electron chi connectivity index (χ4n) is 5.25. The molecular formula is C23H23FN2O3. The molecule has 1 heterocycles. The molecule has 150 valence electrons. The molecule has 6 rings (SSSR count). The van der Waals surface area contributed by atoms with Crippen LogP contribution in [0, 0.1) is 23.6 Å². The zero-order valence-electron chi connectivity index (χ0n) is 16.0. The maximum Gasteiger partial charge on any atom is 0.258 e. The van der Waals surface area contributed by atoms with Crippen molar-refractivity contribution in [2.24, 2.45) is 17.8 Å². The molecule has 4 atom stereocenters. The molecule has 4 aliphatic rings. The Bertz CT molecular complexity index is 978. The Morgan fingerprint density at radius 3 is 2.86 bits per heavy atom. The van der Waals surface area contributed by atoms with E-state index >= 15 is 0 Å². The standard InChI is InChI=1S/C23H23FN2O3/c24-17-5-3-4-14(10-17)13-25-21(27)19-11-16-9-8-15(19)12-23(16)26-22(28)18-6-1-2-7-20(18)29-23/h1-7,10,15-16,19H,8-9,11-13H2,(H,25,27)(H,26,28)/t15-,16-,19+,23+/m1/s1. The summed E-state index contributed by atoms with van der Waals surface area (Å²) in [4.78, 5) is 25.5. The molecule has 0 unspecified atom stereocenters. The number of carbonyl (C=O) groups excluding carboxylic acids is 2. The molecule has 5 nitrogen and oxygen atoms in total. The van der Waals surface area contributed by atoms with Crippen LogP contribution in [0.2, 0.25) is 0 Å². The van der Waals surface area contributed by atoms with Gasteiger partial charge in [-0.3, -0.25) is 9.59 Å². The third kappa shape index (κ3) is 3.16. The second-order valence-corrected chi connectivity index (χ2v) is 8.37. The van der Waals surface area contributed by atoms with Gasteiger partial charge in [-0.2, -0.15) is 0 Å². The van der Waals surface area contributed by atoms with Gasteiger partial charge in [0.15, 0.2) is 5.72 Å². The van der Waals surface area contributed by atoms with E-state index in [0.29, 0.717) is 30.7 Å². The van der Waals surface area contributed by atoms with E-state index < -0.39 is 5.72 Å². The summed E-state index contributed by atoms with van der Waals surface area (Å²) in [7, 11) is 0. The number of hydrogen-bond acceptors (Lipinski definition) is 3. The second-order valence-electron chi connectivity index (χ2n) is 8.37. The van der Waals surface area contributed by atoms with Gasteiger partial charge in [-0.05, 0) is 55.0 Å². The third-order valence-corrected chi connectivity index (χ3v) is 6.66. The molecule has 3 fully saturated rings. The van der Waals surface area contributed by atoms with Crippen LogP contribution in [0.4, 0.5) is 4.39 Å². The summed E-state index contributed by atoms with van der Waals surface area (Å²) in [5.74, 6) is 0.350. The number of ether oxygens (including phenoxy) is 1. The van der Waals surface area contributed by atoms with Gasteiger partial charge >= 0.3 is 0 Å². The van der Waals surface area contributed by atoms with Gasteiger partial charge in [0.2, 0.25) is 5.91 Å². The first-order valence-electron chi connectivity index (χ1n) is 10.2. The minimum atomic E-state index is -0.715. The number of benzene rings is 2. The molecule has 29 heavy (non-hydrogen) atoms. The fraction of sp³-hybridized carbons (Fsp3) is 0.391. The van der Waals surface area contributed by atoms with Gasteiger partial charge in [0, 0.05) is 24.8 Å². The van der Waals surface area contributed by atoms with Crippen molar-refractivity contribution in [2.45, 2.75) is 38.0 Å². The highest BCUT2D eigenvalue weighted by Gasteiger charge is 2.57. The van der Waals surface area contributed by atoms with Crippen LogP contribution in [0.3, 0.4) is 0 Å². The van der Waals surface area contributed by atoms with Gasteiger partial charge in [0.1, 0.15) is 11.6 Å². The Morgan fingerprint density at radius 1 is 1.21 bits per heavy atom. The average molecular weight is 394 g/mol. The van der Waals surface area contributed by atoms with Gasteiger partial charge in [-0.25, -0.2) is 4.39 Å². The predicted molar refractivity (Wildman–Crippen MR) is 104 cm³/mol. The third-order valence-electron chi connectivity index (χ3n) is 6.66. The molecule has 2 amide bonds. The highest BCUT2D eigenvalue weighted by molar-refractivity contribution is 5.98. The number of para-hydroxylation sites is 1. The van der Waals surface area contributed by atoms with Gasteiger partial charge in [-0.1, -0.05) is 24.3 Å². The van der Waals surface area contributed by atoms with E-state index in [9.17, 15) is 14.0 Å². The number of rotatable bonds is 3. The monoisotopic (exact) mass is 394 g/mol. The Kier molecular flexibility index (Phi) is 4.30. The molecule has 0 saturated heterocycles. The summed E-state index contributed by atoms with van der Waals surface area (Å²) < 4.78 is 19.7. The van der Waals surface area contributed by atoms with Crippen molar-refractivity contribution >= 4 is 11.8 Å². The molecule has 1 aliphatic heterocycles. The molecule has 2 bridgehead atoms. The lowest BCUT2D eigenvalue weighted by Crippen LogP contribution is -2.66. The number of amides is 2. The van der Waals surface area contributed by atoms with E-state index in [-0.39, 0.29) is 35.4 Å². The van der Waals surface area contributed by atoms with E-state index in [1.165, 1.54) is 12.1 Å². The Hall–Kier alpha value is -2.89. The van der Waals surface area contributed by atoms with Crippen molar-refractivity contribution < 1.29 is 18.7 Å². The lowest BCUT2D eigenvalue weighted by molar-refractivity contribution is -0.146. The number of carbonyl (C=O) groups is 2. The summed E-state index contributed by atoms with van der Waals surface area (Å²) >= 11 is 0. The van der Waals surface area contributed by atoms with E-state index in [1.807, 2.05) is 18.2 Å². The normalized spacial score (nSPS) is 29.7. The van der Waals surface area contributed by atoms with Crippen LogP contribution < -0.4 is 15.4 Å². The van der Waals surface area contributed by atoms with E-state index in [0.717, 1.165) is 18.4 Å². The zero-order valence-corrected chi connectivity index (χ0v) is 16.0. The quantitative estimate of drug-likeness (QED) is 0.839. The number of nitrogens with one attached hydrogen (secondary N) is 2. The minimum Gasteiger partial charge on any atom is -0.467 e. The molecular weight excluding hydrogens is 371 g/mol. The zero-order chi connectivity index (χ0) is 20.0. The summed E-state index contributed by atoms with van der Waals surface area (Å²) in [6.07, 6.45) is 3.20. The van der Waals surface area contributed by atoms with Gasteiger partial charge in [-0.15, -0.1) is 0 Å². The fourth-order valence-corrected chi connectivity index (χ4v) is 5.25. The minimum absolute atomic E-state index is 0.00125. The van der Waals surface area contributed by atoms with Crippen LogP contribution in [-0.4, -0.2) is 17.5 Å². The molecule has 2 aromatic carbocycles. The Balaban J connectivity index is 1.29. The molecule has 0 aromatic heterocycles. The summed E-state index contributed by atoms with van der Waals surface area (Å²) in [5.41, 5.74) is 0.590. The summed E-state index contributed by atoms with van der Waals surface area (Å²) in [6.45, 7) is 0.316. The van der Waals surface area contributed by atoms with E-state index in [4.69, 9.17) is 4.74 Å². The van der Waals surface area contributed by atoms with Gasteiger partial charge in [0.25, 0.3) is 5.91 Å². The molecule has 0 radical (unpaired) electrons. The highest BCUT2D eigenvalue weighted by atomic mass is 19.1. The van der Waals surface area contributed by atoms with Crippen LogP contribution in [0.5, 0.6) is 5.75 Å². The van der Waals surface area contributed by atoms with Crippen LogP contribution in [0.15, 0.2) is 48.5 Å². The van der Waals surface area contributed by atoms with Crippen LogP contribution in [-0.2, 0) is 11.3 Å². The summed E-state index contributed by atoms with van der Waals surface area (Å²) in [5, 5.41) is 6.07. The molecule has 2 N–H and O–H groups in total. The van der Waals surface area contributed by atoms with Crippen molar-refractivity contribution in [3.63, 3.8) is 0 Å². The maximum atomic E-state index is 13.3. The highest BCUT2D eigenvalue weighted by Crippen LogP contribution is 2.52. The van der Waals surface area contributed by atoms with Crippen LogP contribution in [0.1, 0.15) is 41.6 Å². The molecule has 1 spiro atoms. The second kappa shape index (κ2) is 6.87. The van der Waals surface area contributed by atoms with Gasteiger partial charge in [0.05, 0.1) is 5.56 Å². The van der Waals surface area contributed by atoms with Crippen molar-refractivity contribution in [3.8, 4) is 5.75 Å². The van der Waals surface area contributed by atoms with E-state index in [1.54, 1.807) is 18.2 Å². The van der Waals surface area contributed by atoms with Gasteiger partial charge < -0.3 is 15.4 Å². The molecule has 3 aliphatic carbocycles. The molecule has 6 heteroatoms. The van der Waals surface area contributed by atoms with E-state index in [2.05, 4.69) is 10.6 Å². The van der Waals surface area contributed by atoms with Crippen molar-refractivity contribution in [1.82, 2.24) is 10.6 Å². The topological polar surface area (TPSA) is 67.4 Å². The SMILES string of the molecule is O=C1N[C@@]2(C[C@H]3CC[C@@H]2C[C@@H]3C(=O)NCc2cccc(F)c2)Oc2ccccc21. The van der Waals surface area contributed by atoms with Crippen molar-refractivity contribution in [3.05, 3.63) is 65.5 Å². The first-order valence-corrected chi connectivity index (χ1v) is 10.2. The number of fused-ring (bicyclic) bond motifs is 3. The number of hydrogen-bond donors (Lipinski definition) is 2. The summed E-state index contributed by atoms with van der Waals surface area (Å²) in [6, 6.07) is 13.6. The van der Waals surface area contributed by atoms with Crippen molar-refractivity contribution in [2.75, 3.05) is 0 Å². The molecule has 2 aromatic rings. The first-order chi connectivity index (χ1) is 14.0. The Morgan fingerprint density at radius 2 is 2.07 bits per heavy atom. The lowest BCUT2D eigenvalue weighted by atomic mass is 9.60. The van der Waals surface area contributed by atoms with Crippen molar-refractivity contribution in [1.29, 1.82) is 0 Å². The predicted octanol–water partition coefficient (Wildman–Crippen LogP) is 3.40. The maximum absolute atomic E-state index is 13.3. The first kappa shape index (κ1) is 18.2. The smallest absolute Gasteiger partial charge is 0.258 e.